The zero-order chi connectivity index (χ0) is 20.5. The van der Waals surface area contributed by atoms with Crippen molar-refractivity contribution in [3.05, 3.63) is 59.4 Å². The number of carbonyl (C=O) groups excluding carboxylic acids is 2. The van der Waals surface area contributed by atoms with E-state index in [-0.39, 0.29) is 11.8 Å². The molecule has 0 unspecified atom stereocenters. The smallest absolute Gasteiger partial charge is 0.255 e. The summed E-state index contributed by atoms with van der Waals surface area (Å²) in [6.45, 7) is 2.52. The van der Waals surface area contributed by atoms with Crippen LogP contribution in [0.5, 0.6) is 5.75 Å². The van der Waals surface area contributed by atoms with E-state index in [1.54, 1.807) is 30.6 Å². The lowest BCUT2D eigenvalue weighted by atomic mass is 9.96. The molecule has 0 aliphatic carbocycles. The molecule has 0 atom stereocenters. The number of para-hydroxylation sites is 1. The number of nitrogens with zero attached hydrogens (tertiary/aromatic N) is 2. The van der Waals surface area contributed by atoms with E-state index in [4.69, 9.17) is 16.3 Å². The van der Waals surface area contributed by atoms with Gasteiger partial charge >= 0.3 is 0 Å². The van der Waals surface area contributed by atoms with Crippen LogP contribution in [-0.2, 0) is 4.79 Å². The predicted molar refractivity (Wildman–Crippen MR) is 112 cm³/mol. The van der Waals surface area contributed by atoms with Gasteiger partial charge in [0.2, 0.25) is 5.91 Å². The molecule has 1 saturated heterocycles. The first kappa shape index (κ1) is 21.1. The van der Waals surface area contributed by atoms with Gasteiger partial charge in [-0.2, -0.15) is 0 Å². The number of benzene rings is 1. The van der Waals surface area contributed by atoms with Crippen LogP contribution in [0.25, 0.3) is 0 Å². The summed E-state index contributed by atoms with van der Waals surface area (Å²) in [5.41, 5.74) is 0.623. The second kappa shape index (κ2) is 10.8. The quantitative estimate of drug-likeness (QED) is 0.669. The van der Waals surface area contributed by atoms with Gasteiger partial charge in [-0.15, -0.1) is 0 Å². The molecule has 0 saturated carbocycles. The Hall–Kier alpha value is -2.60. The Morgan fingerprint density at radius 3 is 2.69 bits per heavy atom. The third kappa shape index (κ3) is 6.46. The summed E-state index contributed by atoms with van der Waals surface area (Å²) < 4.78 is 5.60. The van der Waals surface area contributed by atoms with Crippen LogP contribution in [0.15, 0.2) is 48.8 Å². The maximum absolute atomic E-state index is 12.4. The largest absolute Gasteiger partial charge is 0.492 e. The zero-order valence-corrected chi connectivity index (χ0v) is 17.1. The third-order valence-corrected chi connectivity index (χ3v) is 5.35. The summed E-state index contributed by atoms with van der Waals surface area (Å²) in [5.74, 6) is 1.10. The van der Waals surface area contributed by atoms with Gasteiger partial charge in [-0.1, -0.05) is 23.7 Å². The van der Waals surface area contributed by atoms with Crippen LogP contribution in [0, 0.1) is 5.92 Å². The first-order chi connectivity index (χ1) is 14.1. The van der Waals surface area contributed by atoms with Crippen molar-refractivity contribution < 1.29 is 14.3 Å². The minimum atomic E-state index is 0.0269. The number of halogens is 1. The molecule has 1 N–H and O–H groups in total. The molecule has 3 rings (SSSR count). The highest BCUT2D eigenvalue weighted by molar-refractivity contribution is 6.32. The lowest BCUT2D eigenvalue weighted by Gasteiger charge is -2.32. The summed E-state index contributed by atoms with van der Waals surface area (Å²) in [7, 11) is 0. The summed E-state index contributed by atoms with van der Waals surface area (Å²) >= 11 is 6.03. The summed E-state index contributed by atoms with van der Waals surface area (Å²) in [4.78, 5) is 30.4. The summed E-state index contributed by atoms with van der Waals surface area (Å²) in [6, 6.07) is 10.9. The van der Waals surface area contributed by atoms with E-state index in [0.29, 0.717) is 61.3 Å². The summed E-state index contributed by atoms with van der Waals surface area (Å²) in [5, 5.41) is 3.58. The van der Waals surface area contributed by atoms with Crippen LogP contribution in [0.3, 0.4) is 0 Å². The van der Waals surface area contributed by atoms with Crippen LogP contribution in [0.1, 0.15) is 36.0 Å². The Balaban J connectivity index is 1.29. The average molecular weight is 416 g/mol. The monoisotopic (exact) mass is 415 g/mol. The fraction of sp³-hybridized carbons (Fsp3) is 0.409. The molecule has 1 aromatic heterocycles. The van der Waals surface area contributed by atoms with E-state index >= 15 is 0 Å². The van der Waals surface area contributed by atoms with Crippen molar-refractivity contribution in [2.45, 2.75) is 25.7 Å². The van der Waals surface area contributed by atoms with Crippen molar-refractivity contribution in [2.75, 3.05) is 26.2 Å². The lowest BCUT2D eigenvalue weighted by molar-refractivity contribution is -0.121. The van der Waals surface area contributed by atoms with Crippen LogP contribution < -0.4 is 10.1 Å². The van der Waals surface area contributed by atoms with Crippen LogP contribution in [0.2, 0.25) is 5.02 Å². The molecule has 1 aromatic carbocycles. The highest BCUT2D eigenvalue weighted by atomic mass is 35.5. The lowest BCUT2D eigenvalue weighted by Crippen LogP contribution is -2.41. The topological polar surface area (TPSA) is 71.5 Å². The molecule has 2 heterocycles. The number of pyridine rings is 1. The SMILES string of the molecule is O=C(CCCOc1ccccc1Cl)NCC1CCN(C(=O)c2cccnc2)CC1. The molecular formula is C22H26ClN3O3. The Morgan fingerprint density at radius 1 is 1.17 bits per heavy atom. The van der Waals surface area contributed by atoms with E-state index in [2.05, 4.69) is 10.3 Å². The molecule has 2 aromatic rings. The minimum Gasteiger partial charge on any atom is -0.492 e. The number of amides is 2. The normalized spacial score (nSPS) is 14.4. The molecule has 0 spiro atoms. The molecule has 0 bridgehead atoms. The van der Waals surface area contributed by atoms with E-state index in [1.165, 1.54) is 0 Å². The number of likely N-dealkylation sites (tertiary alicyclic amines) is 1. The van der Waals surface area contributed by atoms with Gasteiger partial charge in [0.15, 0.2) is 0 Å². The van der Waals surface area contributed by atoms with Gasteiger partial charge < -0.3 is 15.0 Å². The van der Waals surface area contributed by atoms with Gasteiger partial charge in [-0.25, -0.2) is 0 Å². The number of hydrogen-bond acceptors (Lipinski definition) is 4. The number of piperidine rings is 1. The first-order valence-electron chi connectivity index (χ1n) is 9.97. The van der Waals surface area contributed by atoms with Crippen molar-refractivity contribution in [3.63, 3.8) is 0 Å². The molecule has 29 heavy (non-hydrogen) atoms. The number of carbonyl (C=O) groups is 2. The van der Waals surface area contributed by atoms with Gasteiger partial charge in [0, 0.05) is 38.4 Å². The standard InChI is InChI=1S/C22H26ClN3O3/c23-19-6-1-2-7-20(19)29-14-4-8-21(27)25-15-17-9-12-26(13-10-17)22(28)18-5-3-11-24-16-18/h1-3,5-7,11,16-17H,4,8-10,12-15H2,(H,25,27). The van der Waals surface area contributed by atoms with E-state index < -0.39 is 0 Å². The van der Waals surface area contributed by atoms with E-state index in [9.17, 15) is 9.59 Å². The maximum atomic E-state index is 12.4. The van der Waals surface area contributed by atoms with Gasteiger partial charge in [-0.05, 0) is 49.4 Å². The predicted octanol–water partition coefficient (Wildman–Crippen LogP) is 3.56. The van der Waals surface area contributed by atoms with Crippen LogP contribution >= 0.6 is 11.6 Å². The fourth-order valence-electron chi connectivity index (χ4n) is 3.34. The fourth-order valence-corrected chi connectivity index (χ4v) is 3.53. The van der Waals surface area contributed by atoms with Gasteiger partial charge in [0.1, 0.15) is 5.75 Å². The Morgan fingerprint density at radius 2 is 1.97 bits per heavy atom. The highest BCUT2D eigenvalue weighted by Gasteiger charge is 2.23. The second-order valence-electron chi connectivity index (χ2n) is 7.16. The Kier molecular flexibility index (Phi) is 7.87. The number of hydrogen-bond donors (Lipinski definition) is 1. The van der Waals surface area contributed by atoms with Crippen LogP contribution in [-0.4, -0.2) is 47.9 Å². The number of ether oxygens (including phenoxy) is 1. The van der Waals surface area contributed by atoms with Crippen molar-refractivity contribution in [1.29, 1.82) is 0 Å². The van der Waals surface area contributed by atoms with Crippen molar-refractivity contribution in [3.8, 4) is 5.75 Å². The van der Waals surface area contributed by atoms with Gasteiger partial charge in [0.25, 0.3) is 5.91 Å². The molecule has 7 heteroatoms. The van der Waals surface area contributed by atoms with Crippen molar-refractivity contribution >= 4 is 23.4 Å². The summed E-state index contributed by atoms with van der Waals surface area (Å²) in [6.07, 6.45) is 6.10. The molecule has 1 aliphatic rings. The Bertz CT molecular complexity index is 808. The van der Waals surface area contributed by atoms with Gasteiger partial charge in [0.05, 0.1) is 17.2 Å². The average Bonchev–Trinajstić information content (AvgIpc) is 2.77. The molecule has 6 nitrogen and oxygen atoms in total. The molecule has 1 fully saturated rings. The molecular weight excluding hydrogens is 390 g/mol. The van der Waals surface area contributed by atoms with Crippen molar-refractivity contribution in [2.24, 2.45) is 5.92 Å². The van der Waals surface area contributed by atoms with Crippen molar-refractivity contribution in [1.82, 2.24) is 15.2 Å². The van der Waals surface area contributed by atoms with E-state index in [0.717, 1.165) is 12.8 Å². The third-order valence-electron chi connectivity index (χ3n) is 5.04. The number of aromatic nitrogens is 1. The number of nitrogens with one attached hydrogen (secondary N) is 1. The maximum Gasteiger partial charge on any atom is 0.255 e. The van der Waals surface area contributed by atoms with Crippen LogP contribution in [0.4, 0.5) is 0 Å². The highest BCUT2D eigenvalue weighted by Crippen LogP contribution is 2.23. The Labute approximate surface area is 176 Å². The molecule has 0 radical (unpaired) electrons. The van der Waals surface area contributed by atoms with E-state index in [1.807, 2.05) is 23.1 Å². The molecule has 2 amide bonds. The molecule has 1 aliphatic heterocycles. The zero-order valence-electron chi connectivity index (χ0n) is 16.4. The second-order valence-corrected chi connectivity index (χ2v) is 7.57. The van der Waals surface area contributed by atoms with Gasteiger partial charge in [-0.3, -0.25) is 14.6 Å². The first-order valence-corrected chi connectivity index (χ1v) is 10.3. The molecule has 154 valence electrons. The number of rotatable bonds is 8. The minimum absolute atomic E-state index is 0.0269.